The lowest BCUT2D eigenvalue weighted by molar-refractivity contribution is -0.130. The molecule has 162 valence electrons. The fourth-order valence-electron chi connectivity index (χ4n) is 3.95. The molecule has 4 rings (SSSR count). The maximum absolute atomic E-state index is 13.1. The number of benzene rings is 3. The van der Waals surface area contributed by atoms with Gasteiger partial charge in [-0.25, -0.2) is 4.79 Å². The van der Waals surface area contributed by atoms with Crippen LogP contribution in [0.1, 0.15) is 22.8 Å². The van der Waals surface area contributed by atoms with Gasteiger partial charge in [0.1, 0.15) is 11.3 Å². The fraction of sp³-hybridized carbons (Fsp3) is 0.192. The van der Waals surface area contributed by atoms with E-state index < -0.39 is 17.5 Å². The number of carbonyl (C=O) groups excluding carboxylic acids is 3. The van der Waals surface area contributed by atoms with Crippen LogP contribution in [0.4, 0.5) is 4.79 Å². The van der Waals surface area contributed by atoms with Gasteiger partial charge in [-0.05, 0) is 29.7 Å². The van der Waals surface area contributed by atoms with E-state index in [1.807, 2.05) is 60.7 Å². The molecule has 1 N–H and O–H groups in total. The molecule has 1 fully saturated rings. The van der Waals surface area contributed by atoms with Gasteiger partial charge in [0.15, 0.2) is 5.78 Å². The van der Waals surface area contributed by atoms with Gasteiger partial charge in [0.05, 0.1) is 13.7 Å². The van der Waals surface area contributed by atoms with Gasteiger partial charge >= 0.3 is 6.03 Å². The first-order chi connectivity index (χ1) is 15.4. The summed E-state index contributed by atoms with van der Waals surface area (Å²) in [7, 11) is 1.56. The summed E-state index contributed by atoms with van der Waals surface area (Å²) in [5.74, 6) is -0.0823. The van der Waals surface area contributed by atoms with Crippen molar-refractivity contribution in [2.24, 2.45) is 0 Å². The summed E-state index contributed by atoms with van der Waals surface area (Å²) in [6.07, 6.45) is 0.262. The SMILES string of the molecule is COc1ccccc1C[C@@]1(C)NC(=O)N(CC(=O)c2ccc(-c3ccccc3)cc2)C1=O. The number of methoxy groups -OCH3 is 1. The molecule has 32 heavy (non-hydrogen) atoms. The molecule has 3 amide bonds. The highest BCUT2D eigenvalue weighted by Gasteiger charge is 2.48. The highest BCUT2D eigenvalue weighted by atomic mass is 16.5. The molecule has 0 radical (unpaired) electrons. The number of rotatable bonds is 7. The third-order valence-electron chi connectivity index (χ3n) is 5.70. The Morgan fingerprint density at radius 2 is 1.53 bits per heavy atom. The Balaban J connectivity index is 1.48. The maximum Gasteiger partial charge on any atom is 0.325 e. The highest BCUT2D eigenvalue weighted by Crippen LogP contribution is 2.27. The van der Waals surface area contributed by atoms with Crippen LogP contribution in [-0.4, -0.2) is 41.8 Å². The molecule has 3 aromatic carbocycles. The lowest BCUT2D eigenvalue weighted by atomic mass is 9.92. The zero-order valence-electron chi connectivity index (χ0n) is 18.0. The van der Waals surface area contributed by atoms with Crippen molar-refractivity contribution in [2.75, 3.05) is 13.7 Å². The summed E-state index contributed by atoms with van der Waals surface area (Å²) in [6.45, 7) is 1.36. The Morgan fingerprint density at radius 3 is 2.22 bits per heavy atom. The minimum atomic E-state index is -1.15. The number of nitrogens with zero attached hydrogens (tertiary/aromatic N) is 1. The Labute approximate surface area is 186 Å². The van der Waals surface area contributed by atoms with Crippen molar-refractivity contribution in [1.82, 2.24) is 10.2 Å². The molecule has 1 aliphatic rings. The molecule has 1 atom stereocenters. The third kappa shape index (κ3) is 4.12. The van der Waals surface area contributed by atoms with Gasteiger partial charge in [0.25, 0.3) is 5.91 Å². The minimum absolute atomic E-state index is 0.262. The molecule has 6 heteroatoms. The minimum Gasteiger partial charge on any atom is -0.496 e. The number of imide groups is 1. The van der Waals surface area contributed by atoms with Gasteiger partial charge in [-0.1, -0.05) is 72.8 Å². The summed E-state index contributed by atoms with van der Waals surface area (Å²) in [6, 6.07) is 23.8. The van der Waals surface area contributed by atoms with E-state index in [1.54, 1.807) is 32.2 Å². The number of amides is 3. The summed E-state index contributed by atoms with van der Waals surface area (Å²) >= 11 is 0. The maximum atomic E-state index is 13.1. The average Bonchev–Trinajstić information content (AvgIpc) is 3.02. The average molecular weight is 428 g/mol. The Kier molecular flexibility index (Phi) is 5.77. The molecule has 1 aliphatic heterocycles. The van der Waals surface area contributed by atoms with E-state index >= 15 is 0 Å². The number of hydrogen-bond acceptors (Lipinski definition) is 4. The highest BCUT2D eigenvalue weighted by molar-refractivity contribution is 6.11. The quantitative estimate of drug-likeness (QED) is 0.454. The van der Waals surface area contributed by atoms with Gasteiger partial charge in [-0.3, -0.25) is 14.5 Å². The van der Waals surface area contributed by atoms with Crippen LogP contribution < -0.4 is 10.1 Å². The van der Waals surface area contributed by atoms with Crippen LogP contribution in [0.25, 0.3) is 11.1 Å². The van der Waals surface area contributed by atoms with Crippen molar-refractivity contribution in [2.45, 2.75) is 18.9 Å². The summed E-state index contributed by atoms with van der Waals surface area (Å²) in [4.78, 5) is 39.5. The topological polar surface area (TPSA) is 75.7 Å². The molecular weight excluding hydrogens is 404 g/mol. The van der Waals surface area contributed by atoms with Crippen LogP contribution in [0.2, 0.25) is 0 Å². The number of carbonyl (C=O) groups is 3. The molecule has 0 unspecified atom stereocenters. The Morgan fingerprint density at radius 1 is 0.906 bits per heavy atom. The van der Waals surface area contributed by atoms with Crippen molar-refractivity contribution in [3.63, 3.8) is 0 Å². The van der Waals surface area contributed by atoms with E-state index in [4.69, 9.17) is 4.74 Å². The van der Waals surface area contributed by atoms with Crippen molar-refractivity contribution >= 4 is 17.7 Å². The summed E-state index contributed by atoms with van der Waals surface area (Å²) < 4.78 is 5.36. The van der Waals surface area contributed by atoms with Gasteiger partial charge in [-0.2, -0.15) is 0 Å². The summed E-state index contributed by atoms with van der Waals surface area (Å²) in [5.41, 5.74) is 2.14. The first kappa shape index (κ1) is 21.3. The number of para-hydroxylation sites is 1. The monoisotopic (exact) mass is 428 g/mol. The van der Waals surface area contributed by atoms with E-state index in [0.717, 1.165) is 21.6 Å². The van der Waals surface area contributed by atoms with Gasteiger partial charge in [0.2, 0.25) is 0 Å². The van der Waals surface area contributed by atoms with Crippen LogP contribution in [0.15, 0.2) is 78.9 Å². The fourth-order valence-corrected chi connectivity index (χ4v) is 3.95. The molecular formula is C26H24N2O4. The van der Waals surface area contributed by atoms with Crippen LogP contribution in [-0.2, 0) is 11.2 Å². The van der Waals surface area contributed by atoms with Crippen molar-refractivity contribution < 1.29 is 19.1 Å². The number of urea groups is 1. The second kappa shape index (κ2) is 8.67. The van der Waals surface area contributed by atoms with Crippen molar-refractivity contribution in [3.05, 3.63) is 90.0 Å². The van der Waals surface area contributed by atoms with Crippen LogP contribution in [0, 0.1) is 0 Å². The number of hydrogen-bond donors (Lipinski definition) is 1. The van der Waals surface area contributed by atoms with Gasteiger partial charge < -0.3 is 10.1 Å². The van der Waals surface area contributed by atoms with Crippen LogP contribution in [0.3, 0.4) is 0 Å². The molecule has 1 saturated heterocycles. The molecule has 1 heterocycles. The molecule has 3 aromatic rings. The second-order valence-electron chi connectivity index (χ2n) is 8.01. The smallest absolute Gasteiger partial charge is 0.325 e. The first-order valence-electron chi connectivity index (χ1n) is 10.4. The first-order valence-corrected chi connectivity index (χ1v) is 10.4. The van der Waals surface area contributed by atoms with E-state index in [2.05, 4.69) is 5.32 Å². The second-order valence-corrected chi connectivity index (χ2v) is 8.01. The predicted molar refractivity (Wildman–Crippen MR) is 122 cm³/mol. The molecule has 6 nitrogen and oxygen atoms in total. The largest absolute Gasteiger partial charge is 0.496 e. The third-order valence-corrected chi connectivity index (χ3v) is 5.70. The number of Topliss-reactive ketones (excluding diaryl/α,β-unsaturated/α-hetero) is 1. The lowest BCUT2D eigenvalue weighted by Crippen LogP contribution is -2.46. The zero-order valence-corrected chi connectivity index (χ0v) is 18.0. The standard InChI is InChI=1S/C26H24N2O4/c1-26(16-21-10-6-7-11-23(21)32-2)24(30)28(25(31)27-26)17-22(29)20-14-12-19(13-15-20)18-8-4-3-5-9-18/h3-15H,16-17H2,1-2H3,(H,27,31)/t26-/m1/s1. The number of ketones is 1. The van der Waals surface area contributed by atoms with E-state index in [9.17, 15) is 14.4 Å². The van der Waals surface area contributed by atoms with Crippen molar-refractivity contribution in [1.29, 1.82) is 0 Å². The van der Waals surface area contributed by atoms with Crippen molar-refractivity contribution in [3.8, 4) is 16.9 Å². The molecule has 0 saturated carbocycles. The number of nitrogens with one attached hydrogen (secondary N) is 1. The molecule has 0 bridgehead atoms. The Hall–Kier alpha value is -3.93. The summed E-state index contributed by atoms with van der Waals surface area (Å²) in [5, 5.41) is 2.75. The molecule has 0 aromatic heterocycles. The van der Waals surface area contributed by atoms with E-state index in [-0.39, 0.29) is 18.7 Å². The van der Waals surface area contributed by atoms with Gasteiger partial charge in [0, 0.05) is 12.0 Å². The Bertz CT molecular complexity index is 1160. The zero-order chi connectivity index (χ0) is 22.7. The number of ether oxygens (including phenoxy) is 1. The van der Waals surface area contributed by atoms with E-state index in [0.29, 0.717) is 11.3 Å². The van der Waals surface area contributed by atoms with E-state index in [1.165, 1.54) is 0 Å². The molecule has 0 aliphatic carbocycles. The van der Waals surface area contributed by atoms with Crippen LogP contribution >= 0.6 is 0 Å². The molecule has 0 spiro atoms. The lowest BCUT2D eigenvalue weighted by Gasteiger charge is -2.22. The predicted octanol–water partition coefficient (Wildman–Crippen LogP) is 4.10. The van der Waals surface area contributed by atoms with Gasteiger partial charge in [-0.15, -0.1) is 0 Å². The normalized spacial score (nSPS) is 17.9. The van der Waals surface area contributed by atoms with Crippen LogP contribution in [0.5, 0.6) is 5.75 Å².